The molecule has 2 aromatic heterocycles. The molecule has 0 amide bonds. The number of anilines is 3. The van der Waals surface area contributed by atoms with Gasteiger partial charge in [-0.05, 0) is 76.0 Å². The lowest BCUT2D eigenvalue weighted by molar-refractivity contribution is 0.669. The summed E-state index contributed by atoms with van der Waals surface area (Å²) in [6.45, 7) is 0. The summed E-state index contributed by atoms with van der Waals surface area (Å²) >= 11 is 0. The smallest absolute Gasteiger partial charge is 0.159 e. The van der Waals surface area contributed by atoms with E-state index in [4.69, 9.17) is 8.83 Å². The predicted molar refractivity (Wildman–Crippen MR) is 204 cm³/mol. The van der Waals surface area contributed by atoms with Crippen molar-refractivity contribution < 1.29 is 8.83 Å². The highest BCUT2D eigenvalue weighted by Gasteiger charge is 2.22. The van der Waals surface area contributed by atoms with Crippen molar-refractivity contribution in [1.82, 2.24) is 0 Å². The first kappa shape index (κ1) is 27.5. The zero-order chi connectivity index (χ0) is 32.3. The summed E-state index contributed by atoms with van der Waals surface area (Å²) in [5, 5.41) is 6.75. The van der Waals surface area contributed by atoms with Crippen LogP contribution < -0.4 is 4.90 Å². The van der Waals surface area contributed by atoms with Crippen LogP contribution in [0, 0.1) is 0 Å². The molecule has 0 bridgehead atoms. The van der Waals surface area contributed by atoms with Gasteiger partial charge in [0.15, 0.2) is 5.58 Å². The van der Waals surface area contributed by atoms with Gasteiger partial charge in [-0.2, -0.15) is 0 Å². The summed E-state index contributed by atoms with van der Waals surface area (Å²) < 4.78 is 13.3. The third-order valence-electron chi connectivity index (χ3n) is 9.65. The maximum Gasteiger partial charge on any atom is 0.159 e. The number of fused-ring (bicyclic) bond motifs is 8. The number of para-hydroxylation sites is 2. The minimum Gasteiger partial charge on any atom is -0.455 e. The fraction of sp³-hybridized carbons (Fsp3) is 0. The van der Waals surface area contributed by atoms with Crippen molar-refractivity contribution in [2.24, 2.45) is 0 Å². The normalized spacial score (nSPS) is 11.7. The Morgan fingerprint density at radius 3 is 1.80 bits per heavy atom. The molecule has 0 radical (unpaired) electrons. The van der Waals surface area contributed by atoms with Crippen LogP contribution in [0.3, 0.4) is 0 Å². The summed E-state index contributed by atoms with van der Waals surface area (Å²) in [5.41, 5.74) is 11.1. The Labute approximate surface area is 282 Å². The molecule has 2 heterocycles. The summed E-state index contributed by atoms with van der Waals surface area (Å²) in [4.78, 5) is 2.31. The van der Waals surface area contributed by atoms with Crippen molar-refractivity contribution in [2.75, 3.05) is 4.90 Å². The third kappa shape index (κ3) is 4.44. The average Bonchev–Trinajstić information content (AvgIpc) is 3.75. The van der Waals surface area contributed by atoms with Gasteiger partial charge in [0.2, 0.25) is 0 Å². The van der Waals surface area contributed by atoms with E-state index in [1.54, 1.807) is 0 Å². The molecule has 10 rings (SSSR count). The third-order valence-corrected chi connectivity index (χ3v) is 9.65. The van der Waals surface area contributed by atoms with Gasteiger partial charge in [0, 0.05) is 38.5 Å². The molecule has 49 heavy (non-hydrogen) atoms. The van der Waals surface area contributed by atoms with E-state index in [1.807, 2.05) is 12.1 Å². The molecule has 0 fully saturated rings. The summed E-state index contributed by atoms with van der Waals surface area (Å²) in [5.74, 6) is 0. The predicted octanol–water partition coefficient (Wildman–Crippen LogP) is 13.4. The Morgan fingerprint density at radius 1 is 0.367 bits per heavy atom. The summed E-state index contributed by atoms with van der Waals surface area (Å²) in [7, 11) is 0. The molecule has 0 aliphatic heterocycles. The molecular weight excluding hydrogens is 599 g/mol. The van der Waals surface area contributed by atoms with Crippen molar-refractivity contribution in [3.05, 3.63) is 176 Å². The first-order valence-electron chi connectivity index (χ1n) is 16.6. The number of hydrogen-bond donors (Lipinski definition) is 0. The van der Waals surface area contributed by atoms with E-state index in [-0.39, 0.29) is 0 Å². The lowest BCUT2D eigenvalue weighted by Gasteiger charge is -2.26. The Hall–Kier alpha value is -6.58. The fourth-order valence-electron chi connectivity index (χ4n) is 7.35. The average molecular weight is 628 g/mol. The Kier molecular flexibility index (Phi) is 6.18. The van der Waals surface area contributed by atoms with E-state index in [0.29, 0.717) is 0 Å². The van der Waals surface area contributed by atoms with Crippen molar-refractivity contribution >= 4 is 71.7 Å². The molecule has 3 nitrogen and oxygen atoms in total. The van der Waals surface area contributed by atoms with Gasteiger partial charge >= 0.3 is 0 Å². The van der Waals surface area contributed by atoms with Gasteiger partial charge in [-0.15, -0.1) is 0 Å². The molecular formula is C46H29NO2. The van der Waals surface area contributed by atoms with E-state index in [1.165, 1.54) is 21.9 Å². The molecule has 0 aliphatic rings. The SMILES string of the molecule is c1ccc(-c2ccc(N(c3ccc4oc5c(-c6ccccc6)cc6ccccc6c5c4c3)c3cccc4c3oc3ccccc34)cc2)cc1. The second kappa shape index (κ2) is 11.0. The number of furan rings is 2. The highest BCUT2D eigenvalue weighted by atomic mass is 16.3. The summed E-state index contributed by atoms with van der Waals surface area (Å²) in [6, 6.07) is 61.9. The van der Waals surface area contributed by atoms with Crippen LogP contribution >= 0.6 is 0 Å². The highest BCUT2D eigenvalue weighted by molar-refractivity contribution is 6.23. The maximum atomic E-state index is 6.73. The van der Waals surface area contributed by atoms with Crippen molar-refractivity contribution in [1.29, 1.82) is 0 Å². The van der Waals surface area contributed by atoms with Gasteiger partial charge in [-0.1, -0.05) is 127 Å². The van der Waals surface area contributed by atoms with Crippen molar-refractivity contribution in [3.63, 3.8) is 0 Å². The second-order valence-electron chi connectivity index (χ2n) is 12.5. The minimum absolute atomic E-state index is 0.852. The van der Waals surface area contributed by atoms with Gasteiger partial charge in [0.05, 0.1) is 5.69 Å². The zero-order valence-electron chi connectivity index (χ0n) is 26.5. The Balaban J connectivity index is 1.24. The van der Waals surface area contributed by atoms with Crippen molar-refractivity contribution in [3.8, 4) is 22.3 Å². The van der Waals surface area contributed by atoms with Crippen LogP contribution in [0.4, 0.5) is 17.1 Å². The number of hydrogen-bond acceptors (Lipinski definition) is 3. The monoisotopic (exact) mass is 627 g/mol. The molecule has 0 saturated heterocycles. The lowest BCUT2D eigenvalue weighted by Crippen LogP contribution is -2.10. The van der Waals surface area contributed by atoms with E-state index < -0.39 is 0 Å². The van der Waals surface area contributed by atoms with Crippen LogP contribution in [-0.2, 0) is 0 Å². The van der Waals surface area contributed by atoms with Crippen LogP contribution in [0.2, 0.25) is 0 Å². The Morgan fingerprint density at radius 2 is 0.980 bits per heavy atom. The molecule has 0 unspecified atom stereocenters. The fourth-order valence-corrected chi connectivity index (χ4v) is 7.35. The van der Waals surface area contributed by atoms with Crippen LogP contribution in [0.1, 0.15) is 0 Å². The lowest BCUT2D eigenvalue weighted by atomic mass is 9.96. The van der Waals surface area contributed by atoms with E-state index in [0.717, 1.165) is 72.1 Å². The van der Waals surface area contributed by atoms with Gasteiger partial charge < -0.3 is 13.7 Å². The van der Waals surface area contributed by atoms with Gasteiger partial charge in [-0.25, -0.2) is 0 Å². The Bertz CT molecular complexity index is 2810. The molecule has 0 atom stereocenters. The molecule has 3 heteroatoms. The quantitative estimate of drug-likeness (QED) is 0.190. The topological polar surface area (TPSA) is 29.5 Å². The zero-order valence-corrected chi connectivity index (χ0v) is 26.5. The van der Waals surface area contributed by atoms with Crippen LogP contribution in [0.15, 0.2) is 185 Å². The van der Waals surface area contributed by atoms with E-state index >= 15 is 0 Å². The maximum absolute atomic E-state index is 6.73. The molecule has 0 saturated carbocycles. The second-order valence-corrected chi connectivity index (χ2v) is 12.5. The van der Waals surface area contributed by atoms with Gasteiger partial charge in [-0.3, -0.25) is 0 Å². The molecule has 0 aliphatic carbocycles. The molecule has 8 aromatic carbocycles. The number of nitrogens with zero attached hydrogens (tertiary/aromatic N) is 1. The van der Waals surface area contributed by atoms with E-state index in [2.05, 4.69) is 169 Å². The van der Waals surface area contributed by atoms with Crippen LogP contribution in [0.25, 0.3) is 76.9 Å². The van der Waals surface area contributed by atoms with Gasteiger partial charge in [0.1, 0.15) is 16.7 Å². The molecule has 0 N–H and O–H groups in total. The first-order chi connectivity index (χ1) is 24.3. The van der Waals surface area contributed by atoms with E-state index in [9.17, 15) is 0 Å². The number of benzene rings is 8. The van der Waals surface area contributed by atoms with Crippen LogP contribution in [-0.4, -0.2) is 0 Å². The molecule has 230 valence electrons. The van der Waals surface area contributed by atoms with Crippen molar-refractivity contribution in [2.45, 2.75) is 0 Å². The van der Waals surface area contributed by atoms with Crippen LogP contribution in [0.5, 0.6) is 0 Å². The number of rotatable bonds is 5. The molecule has 0 spiro atoms. The molecule has 10 aromatic rings. The summed E-state index contributed by atoms with van der Waals surface area (Å²) in [6.07, 6.45) is 0. The largest absolute Gasteiger partial charge is 0.455 e. The van der Waals surface area contributed by atoms with Gasteiger partial charge in [0.25, 0.3) is 0 Å². The standard InChI is InChI=1S/C46H29NO2/c1-3-12-30(13-4-1)31-22-24-34(25-23-31)47(41-20-11-19-38-37-18-9-10-21-42(37)48-45(38)41)35-26-27-43-40(29-35)44-36-17-8-7-16-33(36)28-39(46(44)49-43)32-14-5-2-6-15-32/h1-29H. The first-order valence-corrected chi connectivity index (χ1v) is 16.6. The minimum atomic E-state index is 0.852. The highest BCUT2D eigenvalue weighted by Crippen LogP contribution is 2.46.